The molecule has 0 aliphatic rings. The summed E-state index contributed by atoms with van der Waals surface area (Å²) in [5.41, 5.74) is 5.45. The van der Waals surface area contributed by atoms with Crippen LogP contribution in [-0.4, -0.2) is 25.7 Å². The maximum absolute atomic E-state index is 12.9. The van der Waals surface area contributed by atoms with Crippen LogP contribution in [0, 0.1) is 0 Å². The number of rotatable bonds is 6. The Balaban J connectivity index is 1.58. The van der Waals surface area contributed by atoms with Gasteiger partial charge in [-0.2, -0.15) is 5.10 Å². The molecule has 2 aromatic heterocycles. The molecule has 0 aliphatic carbocycles. The lowest BCUT2D eigenvalue weighted by Gasteiger charge is -2.25. The predicted molar refractivity (Wildman–Crippen MR) is 106 cm³/mol. The molecule has 4 aromatic rings. The molecule has 2 aromatic carbocycles. The summed E-state index contributed by atoms with van der Waals surface area (Å²) in [5, 5.41) is 5.88. The molecule has 0 radical (unpaired) electrons. The number of para-hydroxylation sites is 1. The number of hydrazine groups is 1. The highest BCUT2D eigenvalue weighted by molar-refractivity contribution is 5.95. The van der Waals surface area contributed by atoms with Crippen molar-refractivity contribution < 1.29 is 4.79 Å². The first kappa shape index (κ1) is 17.4. The lowest BCUT2D eigenvalue weighted by Crippen LogP contribution is -2.42. The zero-order valence-corrected chi connectivity index (χ0v) is 15.0. The van der Waals surface area contributed by atoms with Gasteiger partial charge in [-0.1, -0.05) is 48.5 Å². The number of nitrogens with one attached hydrogen (secondary N) is 1. The normalized spacial score (nSPS) is 10.4. The number of nitrogens with zero attached hydrogens (tertiary/aromatic N) is 5. The molecule has 1 amide bonds. The van der Waals surface area contributed by atoms with Gasteiger partial charge in [0.15, 0.2) is 5.82 Å². The van der Waals surface area contributed by atoms with E-state index in [-0.39, 0.29) is 5.91 Å². The first-order valence-electron chi connectivity index (χ1n) is 8.78. The first-order chi connectivity index (χ1) is 13.8. The summed E-state index contributed by atoms with van der Waals surface area (Å²) in [5.74, 6) is 0.294. The fraction of sp³-hybridized carbons (Fsp3) is 0.0476. The molecule has 7 nitrogen and oxygen atoms in total. The smallest absolute Gasteiger partial charge is 0.269 e. The molecule has 1 N–H and O–H groups in total. The van der Waals surface area contributed by atoms with E-state index in [0.29, 0.717) is 17.9 Å². The van der Waals surface area contributed by atoms with Crippen LogP contribution in [0.3, 0.4) is 0 Å². The zero-order valence-electron chi connectivity index (χ0n) is 15.0. The van der Waals surface area contributed by atoms with Crippen LogP contribution in [0.2, 0.25) is 0 Å². The van der Waals surface area contributed by atoms with Crippen LogP contribution in [0.4, 0.5) is 5.69 Å². The van der Waals surface area contributed by atoms with Crippen molar-refractivity contribution in [2.75, 3.05) is 5.01 Å². The molecule has 2 heterocycles. The van der Waals surface area contributed by atoms with E-state index in [9.17, 15) is 4.79 Å². The average molecular weight is 370 g/mol. The van der Waals surface area contributed by atoms with Gasteiger partial charge >= 0.3 is 0 Å². The Hall–Kier alpha value is -4.00. The summed E-state index contributed by atoms with van der Waals surface area (Å²) < 4.78 is 1.51. The second-order valence-corrected chi connectivity index (χ2v) is 6.09. The lowest BCUT2D eigenvalue weighted by atomic mass is 10.2. The number of pyridine rings is 1. The van der Waals surface area contributed by atoms with E-state index >= 15 is 0 Å². The largest absolute Gasteiger partial charge is 0.281 e. The van der Waals surface area contributed by atoms with Crippen LogP contribution in [0.5, 0.6) is 0 Å². The Labute approximate surface area is 162 Å². The fourth-order valence-corrected chi connectivity index (χ4v) is 2.77. The van der Waals surface area contributed by atoms with Crippen molar-refractivity contribution in [3.63, 3.8) is 0 Å². The summed E-state index contributed by atoms with van der Waals surface area (Å²) in [6, 6.07) is 23.1. The summed E-state index contributed by atoms with van der Waals surface area (Å²) >= 11 is 0. The van der Waals surface area contributed by atoms with Crippen LogP contribution >= 0.6 is 0 Å². The van der Waals surface area contributed by atoms with Crippen molar-refractivity contribution in [1.82, 2.24) is 25.2 Å². The van der Waals surface area contributed by atoms with Gasteiger partial charge in [-0.15, -0.1) is 0 Å². The van der Waals surface area contributed by atoms with Crippen molar-refractivity contribution in [3.05, 3.63) is 103 Å². The van der Waals surface area contributed by atoms with Gasteiger partial charge in [0.25, 0.3) is 5.91 Å². The van der Waals surface area contributed by atoms with Crippen LogP contribution in [0.1, 0.15) is 15.9 Å². The number of anilines is 1. The van der Waals surface area contributed by atoms with E-state index in [1.54, 1.807) is 18.3 Å². The Morgan fingerprint density at radius 1 is 1.00 bits per heavy atom. The number of hydrogen-bond donors (Lipinski definition) is 1. The minimum atomic E-state index is -0.233. The number of benzene rings is 2. The van der Waals surface area contributed by atoms with Crippen LogP contribution in [0.15, 0.2) is 91.6 Å². The third-order valence-electron chi connectivity index (χ3n) is 4.15. The van der Waals surface area contributed by atoms with E-state index in [1.165, 1.54) is 17.3 Å². The van der Waals surface area contributed by atoms with Gasteiger partial charge in [-0.05, 0) is 29.8 Å². The predicted octanol–water partition coefficient (Wildman–Crippen LogP) is 3.01. The van der Waals surface area contributed by atoms with Crippen LogP contribution < -0.4 is 10.4 Å². The topological polar surface area (TPSA) is 75.9 Å². The average Bonchev–Trinajstić information content (AvgIpc) is 3.30. The minimum absolute atomic E-state index is 0.233. The van der Waals surface area contributed by atoms with Gasteiger partial charge in [0.05, 0.1) is 12.2 Å². The summed E-state index contributed by atoms with van der Waals surface area (Å²) in [4.78, 5) is 21.1. The SMILES string of the molecule is O=C(NN(Cc1ccccc1)c1ccccc1)c1ccnc(-n2cncn2)c1. The first-order valence-corrected chi connectivity index (χ1v) is 8.78. The third kappa shape index (κ3) is 4.04. The number of carbonyl (C=O) groups excluding carboxylic acids is 1. The second kappa shape index (κ2) is 8.13. The van der Waals surface area contributed by atoms with Gasteiger partial charge in [0.2, 0.25) is 0 Å². The van der Waals surface area contributed by atoms with Gasteiger partial charge in [-0.3, -0.25) is 15.2 Å². The second-order valence-electron chi connectivity index (χ2n) is 6.09. The maximum Gasteiger partial charge on any atom is 0.269 e. The zero-order chi connectivity index (χ0) is 19.2. The van der Waals surface area contributed by atoms with Crippen molar-refractivity contribution in [3.8, 4) is 5.82 Å². The molecule has 0 bridgehead atoms. The molecule has 4 rings (SSSR count). The standard InChI is InChI=1S/C21H18N6O/c28-21(18-11-12-23-20(13-18)27-16-22-15-24-27)25-26(19-9-5-2-6-10-19)14-17-7-3-1-4-8-17/h1-13,15-16H,14H2,(H,25,28). The van der Waals surface area contributed by atoms with Crippen molar-refractivity contribution in [2.45, 2.75) is 6.54 Å². The molecule has 0 saturated heterocycles. The number of hydrogen-bond acceptors (Lipinski definition) is 5. The van der Waals surface area contributed by atoms with Gasteiger partial charge < -0.3 is 0 Å². The third-order valence-corrected chi connectivity index (χ3v) is 4.15. The number of amides is 1. The Bertz CT molecular complexity index is 1030. The highest BCUT2D eigenvalue weighted by Crippen LogP contribution is 2.15. The highest BCUT2D eigenvalue weighted by atomic mass is 16.2. The summed E-state index contributed by atoms with van der Waals surface area (Å²) in [6.45, 7) is 0.539. The molecule has 7 heteroatoms. The lowest BCUT2D eigenvalue weighted by molar-refractivity contribution is 0.0948. The van der Waals surface area contributed by atoms with Gasteiger partial charge in [0.1, 0.15) is 12.7 Å². The van der Waals surface area contributed by atoms with Crippen LogP contribution in [0.25, 0.3) is 5.82 Å². The molecule has 28 heavy (non-hydrogen) atoms. The van der Waals surface area contributed by atoms with Crippen LogP contribution in [-0.2, 0) is 6.54 Å². The van der Waals surface area contributed by atoms with Crippen molar-refractivity contribution in [2.24, 2.45) is 0 Å². The molecule has 0 atom stereocenters. The number of aromatic nitrogens is 4. The summed E-state index contributed by atoms with van der Waals surface area (Å²) in [7, 11) is 0. The molecule has 0 aliphatic heterocycles. The van der Waals surface area contributed by atoms with E-state index in [0.717, 1.165) is 11.3 Å². The molecule has 0 saturated carbocycles. The molecule has 0 fully saturated rings. The van der Waals surface area contributed by atoms with Gasteiger partial charge in [-0.25, -0.2) is 14.6 Å². The van der Waals surface area contributed by atoms with E-state index in [2.05, 4.69) is 20.5 Å². The Morgan fingerprint density at radius 3 is 2.46 bits per heavy atom. The number of carbonyl (C=O) groups is 1. The fourth-order valence-electron chi connectivity index (χ4n) is 2.77. The molecular formula is C21H18N6O. The molecular weight excluding hydrogens is 352 g/mol. The van der Waals surface area contributed by atoms with E-state index in [1.807, 2.05) is 65.7 Å². The van der Waals surface area contributed by atoms with Gasteiger partial charge in [0, 0.05) is 11.8 Å². The van der Waals surface area contributed by atoms with E-state index < -0.39 is 0 Å². The molecule has 0 unspecified atom stereocenters. The Kier molecular flexibility index (Phi) is 5.06. The van der Waals surface area contributed by atoms with E-state index in [4.69, 9.17) is 0 Å². The van der Waals surface area contributed by atoms with Crippen molar-refractivity contribution in [1.29, 1.82) is 0 Å². The molecule has 138 valence electrons. The summed E-state index contributed by atoms with van der Waals surface area (Å²) in [6.07, 6.45) is 4.54. The Morgan fingerprint density at radius 2 is 1.75 bits per heavy atom. The highest BCUT2D eigenvalue weighted by Gasteiger charge is 2.14. The minimum Gasteiger partial charge on any atom is -0.281 e. The van der Waals surface area contributed by atoms with Crippen molar-refractivity contribution >= 4 is 11.6 Å². The monoisotopic (exact) mass is 370 g/mol. The maximum atomic E-state index is 12.9. The molecule has 0 spiro atoms. The quantitative estimate of drug-likeness (QED) is 0.528.